The number of benzene rings is 2. The lowest BCUT2D eigenvalue weighted by atomic mass is 9.94. The van der Waals surface area contributed by atoms with Gasteiger partial charge in [0.05, 0.1) is 6.04 Å². The van der Waals surface area contributed by atoms with E-state index in [1.807, 2.05) is 18.2 Å². The highest BCUT2D eigenvalue weighted by molar-refractivity contribution is 14.1. The maximum atomic E-state index is 6.44. The molecule has 0 aliphatic heterocycles. The average Bonchev–Trinajstić information content (AvgIpc) is 2.48. The number of rotatable bonds is 4. The molecule has 0 amide bonds. The van der Waals surface area contributed by atoms with Gasteiger partial charge in [-0.15, -0.1) is 0 Å². The summed E-state index contributed by atoms with van der Waals surface area (Å²) in [7, 11) is 0. The van der Waals surface area contributed by atoms with Gasteiger partial charge in [0.15, 0.2) is 0 Å². The molecule has 0 saturated carbocycles. The van der Waals surface area contributed by atoms with Crippen LogP contribution in [0.4, 0.5) is 0 Å². The van der Waals surface area contributed by atoms with Crippen LogP contribution in [0.5, 0.6) is 0 Å². The predicted octanol–water partition coefficient (Wildman–Crippen LogP) is 5.12. The fourth-order valence-electron chi connectivity index (χ4n) is 2.45. The van der Waals surface area contributed by atoms with Gasteiger partial charge in [-0.05, 0) is 75.9 Å². The molecule has 0 aromatic heterocycles. The Morgan fingerprint density at radius 2 is 1.75 bits per heavy atom. The summed E-state index contributed by atoms with van der Waals surface area (Å²) in [4.78, 5) is 0. The zero-order chi connectivity index (χ0) is 14.7. The van der Waals surface area contributed by atoms with Crippen molar-refractivity contribution in [3.63, 3.8) is 0 Å². The van der Waals surface area contributed by atoms with Gasteiger partial charge in [-0.1, -0.05) is 43.6 Å². The Kier molecular flexibility index (Phi) is 5.47. The van der Waals surface area contributed by atoms with Crippen molar-refractivity contribution in [2.45, 2.75) is 32.7 Å². The zero-order valence-corrected chi connectivity index (χ0v) is 14.7. The molecule has 2 aromatic rings. The van der Waals surface area contributed by atoms with E-state index in [1.165, 1.54) is 11.1 Å². The van der Waals surface area contributed by atoms with Crippen LogP contribution < -0.4 is 5.73 Å². The first-order valence-corrected chi connectivity index (χ1v) is 8.34. The molecule has 0 bridgehead atoms. The highest BCUT2D eigenvalue weighted by Crippen LogP contribution is 2.28. The molecule has 0 aliphatic carbocycles. The van der Waals surface area contributed by atoms with Crippen molar-refractivity contribution < 1.29 is 0 Å². The van der Waals surface area contributed by atoms with E-state index < -0.39 is 0 Å². The predicted molar refractivity (Wildman–Crippen MR) is 95.4 cm³/mol. The average molecular weight is 400 g/mol. The smallest absolute Gasteiger partial charge is 0.0562 e. The minimum Gasteiger partial charge on any atom is -0.320 e. The van der Waals surface area contributed by atoms with Crippen molar-refractivity contribution in [1.82, 2.24) is 0 Å². The zero-order valence-electron chi connectivity index (χ0n) is 11.8. The summed E-state index contributed by atoms with van der Waals surface area (Å²) in [6, 6.07) is 12.3. The highest BCUT2D eigenvalue weighted by atomic mass is 127. The van der Waals surface area contributed by atoms with Crippen molar-refractivity contribution in [2.24, 2.45) is 5.73 Å². The first-order chi connectivity index (χ1) is 9.56. The number of nitrogens with two attached hydrogens (primary N) is 1. The van der Waals surface area contributed by atoms with Crippen molar-refractivity contribution >= 4 is 34.2 Å². The summed E-state index contributed by atoms with van der Waals surface area (Å²) in [6.45, 7) is 4.38. The van der Waals surface area contributed by atoms with Gasteiger partial charge in [-0.25, -0.2) is 0 Å². The maximum absolute atomic E-state index is 6.44. The first kappa shape index (κ1) is 15.8. The van der Waals surface area contributed by atoms with Gasteiger partial charge < -0.3 is 5.73 Å². The molecule has 0 heterocycles. The minimum absolute atomic E-state index is 0.128. The monoisotopic (exact) mass is 399 g/mol. The third-order valence-electron chi connectivity index (χ3n) is 3.64. The maximum Gasteiger partial charge on any atom is 0.0562 e. The van der Waals surface area contributed by atoms with Crippen molar-refractivity contribution in [2.75, 3.05) is 0 Å². The minimum atomic E-state index is -0.128. The van der Waals surface area contributed by atoms with Crippen LogP contribution in [0.3, 0.4) is 0 Å². The summed E-state index contributed by atoms with van der Waals surface area (Å²) in [5, 5.41) is 0.733. The van der Waals surface area contributed by atoms with Crippen LogP contribution in [-0.4, -0.2) is 0 Å². The summed E-state index contributed by atoms with van der Waals surface area (Å²) >= 11 is 8.41. The highest BCUT2D eigenvalue weighted by Gasteiger charge is 2.14. The Labute approximate surface area is 139 Å². The van der Waals surface area contributed by atoms with E-state index in [0.29, 0.717) is 0 Å². The molecule has 1 atom stereocenters. The van der Waals surface area contributed by atoms with Gasteiger partial charge in [-0.2, -0.15) is 0 Å². The Hall–Kier alpha value is -0.580. The van der Waals surface area contributed by atoms with Gasteiger partial charge in [0.1, 0.15) is 0 Å². The van der Waals surface area contributed by atoms with Crippen molar-refractivity contribution in [3.05, 3.63) is 67.2 Å². The van der Waals surface area contributed by atoms with Crippen LogP contribution in [0.15, 0.2) is 36.4 Å². The van der Waals surface area contributed by atoms with E-state index in [9.17, 15) is 0 Å². The van der Waals surface area contributed by atoms with Gasteiger partial charge in [0.2, 0.25) is 0 Å². The van der Waals surface area contributed by atoms with Gasteiger partial charge in [-0.3, -0.25) is 0 Å². The molecule has 0 aliphatic rings. The third-order valence-corrected chi connectivity index (χ3v) is 4.86. The molecule has 1 unspecified atom stereocenters. The molecule has 0 saturated heterocycles. The summed E-state index contributed by atoms with van der Waals surface area (Å²) in [6.07, 6.45) is 2.10. The van der Waals surface area contributed by atoms with Crippen molar-refractivity contribution in [1.29, 1.82) is 0 Å². The SMILES string of the molecule is CCc1ccc(C(N)c2cc(Cl)ccc2I)cc1CC. The molecule has 1 nitrogen and oxygen atoms in total. The largest absolute Gasteiger partial charge is 0.320 e. The van der Waals surface area contributed by atoms with Crippen LogP contribution in [-0.2, 0) is 12.8 Å². The van der Waals surface area contributed by atoms with Gasteiger partial charge >= 0.3 is 0 Å². The molecule has 0 radical (unpaired) electrons. The van der Waals surface area contributed by atoms with E-state index >= 15 is 0 Å². The number of aryl methyl sites for hydroxylation is 2. The van der Waals surface area contributed by atoms with E-state index in [0.717, 1.165) is 32.6 Å². The molecule has 2 N–H and O–H groups in total. The Balaban J connectivity index is 2.42. The lowest BCUT2D eigenvalue weighted by molar-refractivity contribution is 0.857. The van der Waals surface area contributed by atoms with E-state index in [4.69, 9.17) is 17.3 Å². The molecule has 3 heteroatoms. The van der Waals surface area contributed by atoms with Gasteiger partial charge in [0.25, 0.3) is 0 Å². The number of hydrogen-bond acceptors (Lipinski definition) is 1. The van der Waals surface area contributed by atoms with Gasteiger partial charge in [0, 0.05) is 8.59 Å². The quantitative estimate of drug-likeness (QED) is 0.710. The number of hydrogen-bond donors (Lipinski definition) is 1. The topological polar surface area (TPSA) is 26.0 Å². The van der Waals surface area contributed by atoms with Crippen molar-refractivity contribution in [3.8, 4) is 0 Å². The molecule has 0 fully saturated rings. The Morgan fingerprint density at radius 3 is 2.40 bits per heavy atom. The second-order valence-corrected chi connectivity index (χ2v) is 6.48. The summed E-state index contributed by atoms with van der Waals surface area (Å²) in [5.41, 5.74) is 11.5. The fourth-order valence-corrected chi connectivity index (χ4v) is 3.30. The third kappa shape index (κ3) is 3.35. The van der Waals surface area contributed by atoms with Crippen LogP contribution in [0.25, 0.3) is 0 Å². The second kappa shape index (κ2) is 6.92. The lowest BCUT2D eigenvalue weighted by Gasteiger charge is -2.17. The van der Waals surface area contributed by atoms with Crippen LogP contribution in [0.1, 0.15) is 42.1 Å². The lowest BCUT2D eigenvalue weighted by Crippen LogP contribution is -2.14. The molecule has 2 rings (SSSR count). The molecular formula is C17H19ClIN. The molecule has 106 valence electrons. The second-order valence-electron chi connectivity index (χ2n) is 4.88. The molecular weight excluding hydrogens is 381 g/mol. The molecule has 20 heavy (non-hydrogen) atoms. The number of halogens is 2. The first-order valence-electron chi connectivity index (χ1n) is 6.89. The van der Waals surface area contributed by atoms with Crippen LogP contribution in [0, 0.1) is 3.57 Å². The normalized spacial score (nSPS) is 12.4. The van der Waals surface area contributed by atoms with E-state index in [2.05, 4.69) is 54.6 Å². The van der Waals surface area contributed by atoms with Crippen LogP contribution in [0.2, 0.25) is 5.02 Å². The fraction of sp³-hybridized carbons (Fsp3) is 0.294. The Morgan fingerprint density at radius 1 is 1.05 bits per heavy atom. The molecule has 0 spiro atoms. The van der Waals surface area contributed by atoms with E-state index in [-0.39, 0.29) is 6.04 Å². The summed E-state index contributed by atoms with van der Waals surface area (Å²) < 4.78 is 1.15. The van der Waals surface area contributed by atoms with E-state index in [1.54, 1.807) is 0 Å². The Bertz CT molecular complexity index is 610. The summed E-state index contributed by atoms with van der Waals surface area (Å²) in [5.74, 6) is 0. The molecule has 2 aromatic carbocycles. The van der Waals surface area contributed by atoms with Crippen LogP contribution >= 0.6 is 34.2 Å². The standard InChI is InChI=1S/C17H19ClIN/c1-3-11-5-6-13(9-12(11)4-2)17(20)15-10-14(18)7-8-16(15)19/h5-10,17H,3-4,20H2,1-2H3.